The van der Waals surface area contributed by atoms with Gasteiger partial charge in [0.2, 0.25) is 5.91 Å². The van der Waals surface area contributed by atoms with Crippen molar-refractivity contribution >= 4 is 16.9 Å². The van der Waals surface area contributed by atoms with E-state index in [0.29, 0.717) is 35.7 Å². The summed E-state index contributed by atoms with van der Waals surface area (Å²) in [6.45, 7) is 3.70. The number of rotatable bonds is 6. The van der Waals surface area contributed by atoms with Gasteiger partial charge in [0.1, 0.15) is 11.2 Å². The molecule has 2 aromatic heterocycles. The molecule has 7 heteroatoms. The first-order valence-electron chi connectivity index (χ1n) is 11.9. The molecule has 1 amide bonds. The predicted molar refractivity (Wildman–Crippen MR) is 132 cm³/mol. The van der Waals surface area contributed by atoms with Crippen LogP contribution in [0, 0.1) is 12.8 Å². The SMILES string of the molecule is Cc1nc2c(cnn2-c2ccccc2)c(=O)n1CCC(=O)N1CCC(Cc2ccccc2)CC1. The van der Waals surface area contributed by atoms with Gasteiger partial charge < -0.3 is 4.90 Å². The van der Waals surface area contributed by atoms with Gasteiger partial charge in [0.15, 0.2) is 5.65 Å². The van der Waals surface area contributed by atoms with E-state index < -0.39 is 0 Å². The summed E-state index contributed by atoms with van der Waals surface area (Å²) in [5.74, 6) is 1.30. The molecule has 174 valence electrons. The molecule has 0 bridgehead atoms. The van der Waals surface area contributed by atoms with Crippen molar-refractivity contribution < 1.29 is 4.79 Å². The van der Waals surface area contributed by atoms with Crippen LogP contribution in [0.15, 0.2) is 71.7 Å². The van der Waals surface area contributed by atoms with Crippen LogP contribution in [-0.4, -0.2) is 43.2 Å². The van der Waals surface area contributed by atoms with Crippen LogP contribution in [0.4, 0.5) is 0 Å². The van der Waals surface area contributed by atoms with E-state index in [-0.39, 0.29) is 11.5 Å². The van der Waals surface area contributed by atoms with Gasteiger partial charge in [-0.15, -0.1) is 0 Å². The Hall–Kier alpha value is -3.74. The number of aromatic nitrogens is 4. The molecule has 4 aromatic rings. The Balaban J connectivity index is 1.23. The van der Waals surface area contributed by atoms with Crippen LogP contribution in [0.3, 0.4) is 0 Å². The standard InChI is InChI=1S/C27H29N5O2/c1-20-29-26-24(19-28-32(26)23-10-6-3-7-11-23)27(34)31(20)17-14-25(33)30-15-12-22(13-16-30)18-21-8-4-2-5-9-21/h2-11,19,22H,12-18H2,1H3. The monoisotopic (exact) mass is 455 g/mol. The van der Waals surface area contributed by atoms with Gasteiger partial charge in [-0.2, -0.15) is 5.10 Å². The summed E-state index contributed by atoms with van der Waals surface area (Å²) in [6.07, 6.45) is 4.97. The van der Waals surface area contributed by atoms with Gasteiger partial charge in [-0.3, -0.25) is 14.2 Å². The molecule has 0 spiro atoms. The van der Waals surface area contributed by atoms with Gasteiger partial charge in [-0.1, -0.05) is 48.5 Å². The van der Waals surface area contributed by atoms with Gasteiger partial charge in [-0.05, 0) is 49.8 Å². The Morgan fingerprint density at radius 3 is 2.38 bits per heavy atom. The Kier molecular flexibility index (Phi) is 6.25. The number of hydrogen-bond donors (Lipinski definition) is 0. The minimum Gasteiger partial charge on any atom is -0.343 e. The van der Waals surface area contributed by atoms with Gasteiger partial charge >= 0.3 is 0 Å². The van der Waals surface area contributed by atoms with Crippen molar-refractivity contribution in [3.63, 3.8) is 0 Å². The average molecular weight is 456 g/mol. The summed E-state index contributed by atoms with van der Waals surface area (Å²) in [5.41, 5.74) is 2.60. The summed E-state index contributed by atoms with van der Waals surface area (Å²) in [6, 6.07) is 20.2. The maximum absolute atomic E-state index is 13.1. The summed E-state index contributed by atoms with van der Waals surface area (Å²) < 4.78 is 3.28. The fourth-order valence-corrected chi connectivity index (χ4v) is 4.83. The van der Waals surface area contributed by atoms with Crippen molar-refractivity contribution in [1.29, 1.82) is 0 Å². The minimum atomic E-state index is -0.154. The van der Waals surface area contributed by atoms with Crippen molar-refractivity contribution in [2.75, 3.05) is 13.1 Å². The molecule has 0 saturated carbocycles. The fourth-order valence-electron chi connectivity index (χ4n) is 4.83. The first kappa shape index (κ1) is 22.1. The molecule has 0 atom stereocenters. The van der Waals surface area contributed by atoms with Crippen LogP contribution < -0.4 is 5.56 Å². The van der Waals surface area contributed by atoms with Crippen molar-refractivity contribution in [1.82, 2.24) is 24.2 Å². The van der Waals surface area contributed by atoms with E-state index in [1.165, 1.54) is 5.56 Å². The van der Waals surface area contributed by atoms with Crippen LogP contribution in [0.2, 0.25) is 0 Å². The largest absolute Gasteiger partial charge is 0.343 e. The molecule has 34 heavy (non-hydrogen) atoms. The van der Waals surface area contributed by atoms with Crippen LogP contribution in [0.5, 0.6) is 0 Å². The topological polar surface area (TPSA) is 73.0 Å². The summed E-state index contributed by atoms with van der Waals surface area (Å²) in [7, 11) is 0. The van der Waals surface area contributed by atoms with E-state index in [0.717, 1.165) is 38.0 Å². The zero-order valence-corrected chi connectivity index (χ0v) is 19.4. The number of nitrogens with zero attached hydrogens (tertiary/aromatic N) is 5. The molecular weight excluding hydrogens is 426 g/mol. The lowest BCUT2D eigenvalue weighted by Gasteiger charge is -2.32. The number of carbonyl (C=O) groups is 1. The second-order valence-corrected chi connectivity index (χ2v) is 9.01. The van der Waals surface area contributed by atoms with Crippen molar-refractivity contribution in [3.05, 3.63) is 88.6 Å². The molecule has 1 aliphatic heterocycles. The summed E-state index contributed by atoms with van der Waals surface area (Å²) in [4.78, 5) is 32.6. The van der Waals surface area contributed by atoms with Crippen molar-refractivity contribution in [3.8, 4) is 5.69 Å². The number of fused-ring (bicyclic) bond motifs is 1. The molecule has 7 nitrogen and oxygen atoms in total. The highest BCUT2D eigenvalue weighted by atomic mass is 16.2. The van der Waals surface area contributed by atoms with Crippen LogP contribution in [0.1, 0.15) is 30.7 Å². The first-order chi connectivity index (χ1) is 16.6. The Labute approximate surface area is 198 Å². The lowest BCUT2D eigenvalue weighted by atomic mass is 9.90. The maximum atomic E-state index is 13.1. The van der Waals surface area contributed by atoms with Gasteiger partial charge in [0.25, 0.3) is 5.56 Å². The number of carbonyl (C=O) groups excluding carboxylic acids is 1. The van der Waals surface area contributed by atoms with E-state index >= 15 is 0 Å². The van der Waals surface area contributed by atoms with Crippen LogP contribution in [-0.2, 0) is 17.8 Å². The van der Waals surface area contributed by atoms with Gasteiger partial charge in [-0.25, -0.2) is 9.67 Å². The third kappa shape index (κ3) is 4.51. The molecule has 1 aliphatic rings. The Bertz CT molecular complexity index is 1340. The van der Waals surface area contributed by atoms with Crippen LogP contribution >= 0.6 is 0 Å². The zero-order valence-electron chi connectivity index (χ0n) is 19.4. The lowest BCUT2D eigenvalue weighted by Crippen LogP contribution is -2.39. The molecular formula is C27H29N5O2. The van der Waals surface area contributed by atoms with E-state index in [1.807, 2.05) is 48.2 Å². The minimum absolute atomic E-state index is 0.101. The van der Waals surface area contributed by atoms with Gasteiger partial charge in [0, 0.05) is 26.1 Å². The van der Waals surface area contributed by atoms with Crippen molar-refractivity contribution in [2.45, 2.75) is 39.2 Å². The molecule has 0 aliphatic carbocycles. The normalized spacial score (nSPS) is 14.6. The molecule has 5 rings (SSSR count). The fraction of sp³-hybridized carbons (Fsp3) is 0.333. The Morgan fingerprint density at radius 1 is 1.00 bits per heavy atom. The Morgan fingerprint density at radius 2 is 1.68 bits per heavy atom. The third-order valence-electron chi connectivity index (χ3n) is 6.76. The molecule has 1 fully saturated rings. The molecule has 2 aromatic carbocycles. The molecule has 0 radical (unpaired) electrons. The van der Waals surface area contributed by atoms with Crippen molar-refractivity contribution in [2.24, 2.45) is 5.92 Å². The maximum Gasteiger partial charge on any atom is 0.264 e. The summed E-state index contributed by atoms with van der Waals surface area (Å²) >= 11 is 0. The molecule has 1 saturated heterocycles. The highest BCUT2D eigenvalue weighted by molar-refractivity contribution is 5.77. The smallest absolute Gasteiger partial charge is 0.264 e. The lowest BCUT2D eigenvalue weighted by molar-refractivity contribution is -0.132. The summed E-state index contributed by atoms with van der Waals surface area (Å²) in [5, 5.41) is 4.84. The number of piperidine rings is 1. The second-order valence-electron chi connectivity index (χ2n) is 9.01. The molecule has 3 heterocycles. The third-order valence-corrected chi connectivity index (χ3v) is 6.76. The zero-order chi connectivity index (χ0) is 23.5. The number of hydrogen-bond acceptors (Lipinski definition) is 4. The van der Waals surface area contributed by atoms with E-state index in [9.17, 15) is 9.59 Å². The molecule has 0 unspecified atom stereocenters. The van der Waals surface area contributed by atoms with E-state index in [4.69, 9.17) is 0 Å². The second kappa shape index (κ2) is 9.63. The number of aryl methyl sites for hydroxylation is 1. The number of para-hydroxylation sites is 1. The van der Waals surface area contributed by atoms with Gasteiger partial charge in [0.05, 0.1) is 11.9 Å². The predicted octanol–water partition coefficient (Wildman–Crippen LogP) is 3.76. The number of likely N-dealkylation sites (tertiary alicyclic amines) is 1. The van der Waals surface area contributed by atoms with E-state index in [2.05, 4.69) is 34.3 Å². The number of amides is 1. The average Bonchev–Trinajstić information content (AvgIpc) is 3.29. The highest BCUT2D eigenvalue weighted by Gasteiger charge is 2.23. The number of benzene rings is 2. The van der Waals surface area contributed by atoms with E-state index in [1.54, 1.807) is 15.4 Å². The quantitative estimate of drug-likeness (QED) is 0.444. The first-order valence-corrected chi connectivity index (χ1v) is 11.9. The van der Waals surface area contributed by atoms with Crippen LogP contribution in [0.25, 0.3) is 16.7 Å². The molecule has 0 N–H and O–H groups in total. The highest BCUT2D eigenvalue weighted by Crippen LogP contribution is 2.22.